The van der Waals surface area contributed by atoms with Crippen LogP contribution in [0.3, 0.4) is 0 Å². The van der Waals surface area contributed by atoms with E-state index >= 15 is 0 Å². The molecule has 6 nitrogen and oxygen atoms in total. The van der Waals surface area contributed by atoms with E-state index in [0.29, 0.717) is 37.2 Å². The summed E-state index contributed by atoms with van der Waals surface area (Å²) in [5, 5.41) is 0. The first-order valence-electron chi connectivity index (χ1n) is 11.3. The Kier molecular flexibility index (Phi) is 7.46. The molecule has 0 fully saturated rings. The summed E-state index contributed by atoms with van der Waals surface area (Å²) < 4.78 is 10.7. The fourth-order valence-electron chi connectivity index (χ4n) is 4.31. The third-order valence-corrected chi connectivity index (χ3v) is 6.12. The maximum atomic E-state index is 11.8. The summed E-state index contributed by atoms with van der Waals surface area (Å²) in [5.74, 6) is -0.761. The molecule has 1 heterocycles. The normalized spacial score (nSPS) is 13.1. The van der Waals surface area contributed by atoms with Crippen LogP contribution in [-0.4, -0.2) is 35.1 Å². The van der Waals surface area contributed by atoms with Crippen LogP contribution in [0.2, 0.25) is 0 Å². The van der Waals surface area contributed by atoms with E-state index in [1.165, 1.54) is 5.56 Å². The average molecular weight is 449 g/mol. The Morgan fingerprint density at radius 2 is 1.39 bits per heavy atom. The SMILES string of the molecule is C=C(C)C(=O)OCCCC1(CCCOC(=O)C(=C)C)c2ccccc2-c2nc(C)c(C)nc21. The summed E-state index contributed by atoms with van der Waals surface area (Å²) in [5.41, 5.74) is 6.29. The van der Waals surface area contributed by atoms with Gasteiger partial charge in [-0.15, -0.1) is 0 Å². The van der Waals surface area contributed by atoms with Crippen LogP contribution in [0, 0.1) is 13.8 Å². The van der Waals surface area contributed by atoms with Gasteiger partial charge < -0.3 is 9.47 Å². The van der Waals surface area contributed by atoms with Gasteiger partial charge in [-0.2, -0.15) is 0 Å². The van der Waals surface area contributed by atoms with Crippen LogP contribution < -0.4 is 0 Å². The van der Waals surface area contributed by atoms with Crippen LogP contribution >= 0.6 is 0 Å². The molecular formula is C27H32N2O4. The van der Waals surface area contributed by atoms with E-state index < -0.39 is 5.41 Å². The first kappa shape index (κ1) is 24.4. The minimum atomic E-state index is -0.400. The Labute approximate surface area is 195 Å². The highest BCUT2D eigenvalue weighted by Crippen LogP contribution is 2.52. The molecule has 0 saturated heterocycles. The molecule has 0 amide bonds. The van der Waals surface area contributed by atoms with Gasteiger partial charge in [0.25, 0.3) is 0 Å². The van der Waals surface area contributed by atoms with E-state index in [0.717, 1.165) is 41.2 Å². The molecule has 0 atom stereocenters. The number of carbonyl (C=O) groups excluding carboxylic acids is 2. The molecule has 174 valence electrons. The van der Waals surface area contributed by atoms with E-state index in [1.807, 2.05) is 26.0 Å². The molecule has 0 spiro atoms. The van der Waals surface area contributed by atoms with E-state index in [9.17, 15) is 9.59 Å². The zero-order valence-corrected chi connectivity index (χ0v) is 20.0. The van der Waals surface area contributed by atoms with Crippen LogP contribution in [0.1, 0.15) is 62.2 Å². The minimum absolute atomic E-state index is 0.299. The lowest BCUT2D eigenvalue weighted by atomic mass is 9.73. The van der Waals surface area contributed by atoms with E-state index in [2.05, 4.69) is 25.3 Å². The minimum Gasteiger partial charge on any atom is -0.462 e. The summed E-state index contributed by atoms with van der Waals surface area (Å²) in [7, 11) is 0. The van der Waals surface area contributed by atoms with Crippen molar-refractivity contribution in [1.29, 1.82) is 0 Å². The van der Waals surface area contributed by atoms with Crippen molar-refractivity contribution in [2.24, 2.45) is 0 Å². The summed E-state index contributed by atoms with van der Waals surface area (Å²) in [6, 6.07) is 8.25. The second-order valence-electron chi connectivity index (χ2n) is 8.76. The Morgan fingerprint density at radius 3 is 1.94 bits per heavy atom. The first-order valence-corrected chi connectivity index (χ1v) is 11.3. The number of hydrogen-bond acceptors (Lipinski definition) is 6. The lowest BCUT2D eigenvalue weighted by Gasteiger charge is -2.31. The fourth-order valence-corrected chi connectivity index (χ4v) is 4.31. The first-order chi connectivity index (χ1) is 15.7. The van der Waals surface area contributed by atoms with Crippen molar-refractivity contribution in [1.82, 2.24) is 9.97 Å². The predicted molar refractivity (Wildman–Crippen MR) is 128 cm³/mol. The molecule has 1 aromatic carbocycles. The van der Waals surface area contributed by atoms with Crippen LogP contribution in [0.4, 0.5) is 0 Å². The zero-order chi connectivity index (χ0) is 24.2. The van der Waals surface area contributed by atoms with Crippen molar-refractivity contribution in [3.63, 3.8) is 0 Å². The van der Waals surface area contributed by atoms with Crippen molar-refractivity contribution in [3.05, 3.63) is 71.2 Å². The highest BCUT2D eigenvalue weighted by atomic mass is 16.5. The van der Waals surface area contributed by atoms with Crippen molar-refractivity contribution in [2.45, 2.75) is 58.8 Å². The Morgan fingerprint density at radius 1 is 0.879 bits per heavy atom. The molecule has 1 aromatic heterocycles. The van der Waals surface area contributed by atoms with Gasteiger partial charge >= 0.3 is 11.9 Å². The van der Waals surface area contributed by atoms with Crippen molar-refractivity contribution in [3.8, 4) is 11.3 Å². The molecule has 0 saturated carbocycles. The number of fused-ring (bicyclic) bond motifs is 3. The molecule has 0 bridgehead atoms. The van der Waals surface area contributed by atoms with E-state index in [4.69, 9.17) is 19.4 Å². The van der Waals surface area contributed by atoms with Crippen molar-refractivity contribution < 1.29 is 19.1 Å². The third-order valence-electron chi connectivity index (χ3n) is 6.12. The van der Waals surface area contributed by atoms with Crippen molar-refractivity contribution in [2.75, 3.05) is 13.2 Å². The number of hydrogen-bond donors (Lipinski definition) is 0. The average Bonchev–Trinajstić information content (AvgIpc) is 3.03. The lowest BCUT2D eigenvalue weighted by Crippen LogP contribution is -2.28. The molecule has 6 heteroatoms. The van der Waals surface area contributed by atoms with Gasteiger partial charge in [0.1, 0.15) is 0 Å². The van der Waals surface area contributed by atoms with Gasteiger partial charge in [-0.05, 0) is 58.9 Å². The number of carbonyl (C=O) groups is 2. The monoisotopic (exact) mass is 448 g/mol. The predicted octanol–water partition coefficient (Wildman–Crippen LogP) is 5.16. The number of rotatable bonds is 10. The molecule has 0 aliphatic heterocycles. The Hall–Kier alpha value is -3.28. The molecule has 0 N–H and O–H groups in total. The third kappa shape index (κ3) is 5.05. The van der Waals surface area contributed by atoms with Gasteiger partial charge in [-0.3, -0.25) is 4.98 Å². The van der Waals surface area contributed by atoms with Crippen LogP contribution in [0.5, 0.6) is 0 Å². The highest BCUT2D eigenvalue weighted by molar-refractivity contribution is 5.87. The second kappa shape index (κ2) is 10.1. The molecule has 1 aliphatic carbocycles. The number of nitrogens with zero attached hydrogens (tertiary/aromatic N) is 2. The van der Waals surface area contributed by atoms with Gasteiger partial charge in [-0.25, -0.2) is 14.6 Å². The highest BCUT2D eigenvalue weighted by Gasteiger charge is 2.45. The second-order valence-corrected chi connectivity index (χ2v) is 8.76. The van der Waals surface area contributed by atoms with E-state index in [-0.39, 0.29) is 11.9 Å². The van der Waals surface area contributed by atoms with Gasteiger partial charge in [0.2, 0.25) is 0 Å². The molecule has 2 aromatic rings. The summed E-state index contributed by atoms with van der Waals surface area (Å²) in [4.78, 5) is 33.5. The largest absolute Gasteiger partial charge is 0.462 e. The van der Waals surface area contributed by atoms with E-state index in [1.54, 1.807) is 13.8 Å². The van der Waals surface area contributed by atoms with Crippen LogP contribution in [0.25, 0.3) is 11.3 Å². The lowest BCUT2D eigenvalue weighted by molar-refractivity contribution is -0.139. The molecule has 3 rings (SSSR count). The van der Waals surface area contributed by atoms with Gasteiger partial charge in [0.15, 0.2) is 0 Å². The molecular weight excluding hydrogens is 416 g/mol. The topological polar surface area (TPSA) is 78.4 Å². The fraction of sp³-hybridized carbons (Fsp3) is 0.407. The summed E-state index contributed by atoms with van der Waals surface area (Å²) in [6.07, 6.45) is 2.78. The number of ether oxygens (including phenoxy) is 2. The summed E-state index contributed by atoms with van der Waals surface area (Å²) >= 11 is 0. The number of aryl methyl sites for hydroxylation is 2. The number of benzene rings is 1. The molecule has 33 heavy (non-hydrogen) atoms. The Bertz CT molecular complexity index is 1070. The molecule has 0 unspecified atom stereocenters. The summed E-state index contributed by atoms with van der Waals surface area (Å²) in [6.45, 7) is 15.1. The van der Waals surface area contributed by atoms with Gasteiger partial charge in [0, 0.05) is 22.1 Å². The van der Waals surface area contributed by atoms with Crippen molar-refractivity contribution >= 4 is 11.9 Å². The number of aromatic nitrogens is 2. The quantitative estimate of drug-likeness (QED) is 0.284. The molecule has 0 radical (unpaired) electrons. The van der Waals surface area contributed by atoms with Crippen LogP contribution in [-0.2, 0) is 24.5 Å². The number of esters is 2. The maximum Gasteiger partial charge on any atom is 0.333 e. The van der Waals surface area contributed by atoms with Gasteiger partial charge in [0.05, 0.1) is 36.0 Å². The zero-order valence-electron chi connectivity index (χ0n) is 20.0. The van der Waals surface area contributed by atoms with Crippen LogP contribution in [0.15, 0.2) is 48.6 Å². The Balaban J connectivity index is 1.91. The van der Waals surface area contributed by atoms with Gasteiger partial charge in [-0.1, -0.05) is 37.4 Å². The standard InChI is InChI=1S/C27H32N2O4/c1-17(2)25(30)32-15-9-13-27(14-10-16-33-26(31)18(3)4)22-12-8-7-11-21(22)23-24(27)29-20(6)19(5)28-23/h7-8,11-12H,1,3,9-10,13-16H2,2,4-6H3. The maximum absolute atomic E-state index is 11.8. The smallest absolute Gasteiger partial charge is 0.333 e. The molecule has 1 aliphatic rings.